The Morgan fingerprint density at radius 3 is 3.12 bits per heavy atom. The third-order valence-corrected chi connectivity index (χ3v) is 3.29. The predicted octanol–water partition coefficient (Wildman–Crippen LogP) is 1.67. The van der Waals surface area contributed by atoms with Gasteiger partial charge in [0.2, 0.25) is 5.91 Å². The Morgan fingerprint density at radius 1 is 1.53 bits per heavy atom. The minimum absolute atomic E-state index is 0.272. The molecular weight excluding hydrogens is 214 g/mol. The van der Waals surface area contributed by atoms with Gasteiger partial charge in [0.05, 0.1) is 5.69 Å². The zero-order valence-electron chi connectivity index (χ0n) is 10.3. The van der Waals surface area contributed by atoms with Gasteiger partial charge in [-0.2, -0.15) is 0 Å². The molecule has 0 saturated carbocycles. The number of amides is 1. The van der Waals surface area contributed by atoms with E-state index in [1.54, 1.807) is 12.4 Å². The van der Waals surface area contributed by atoms with Crippen LogP contribution in [0.25, 0.3) is 0 Å². The molecule has 1 aliphatic heterocycles. The van der Waals surface area contributed by atoms with E-state index in [2.05, 4.69) is 9.97 Å². The van der Waals surface area contributed by atoms with Crippen LogP contribution >= 0.6 is 0 Å². The Labute approximate surface area is 102 Å². The van der Waals surface area contributed by atoms with E-state index in [4.69, 9.17) is 0 Å². The zero-order valence-corrected chi connectivity index (χ0v) is 10.3. The standard InChI is InChI=1S/C13H19N3O/c1-2-13(17)16-7-3-4-11(10-16)8-12-9-14-5-6-15-12/h5-6,9,11H,2-4,7-8,10H2,1H3/t11-/m1/s1. The molecule has 1 amide bonds. The molecule has 2 rings (SSSR count). The van der Waals surface area contributed by atoms with Gasteiger partial charge in [-0.3, -0.25) is 14.8 Å². The number of piperidine rings is 1. The highest BCUT2D eigenvalue weighted by Gasteiger charge is 2.22. The van der Waals surface area contributed by atoms with E-state index in [0.717, 1.165) is 31.6 Å². The highest BCUT2D eigenvalue weighted by atomic mass is 16.2. The molecule has 0 aliphatic carbocycles. The van der Waals surface area contributed by atoms with Crippen molar-refractivity contribution in [2.75, 3.05) is 13.1 Å². The number of hydrogen-bond acceptors (Lipinski definition) is 3. The molecule has 2 heterocycles. The number of carbonyl (C=O) groups excluding carboxylic acids is 1. The number of carbonyl (C=O) groups is 1. The van der Waals surface area contributed by atoms with E-state index in [9.17, 15) is 4.79 Å². The predicted molar refractivity (Wildman–Crippen MR) is 65.3 cm³/mol. The van der Waals surface area contributed by atoms with Crippen molar-refractivity contribution in [1.82, 2.24) is 14.9 Å². The second-order valence-electron chi connectivity index (χ2n) is 4.60. The van der Waals surface area contributed by atoms with Crippen molar-refractivity contribution >= 4 is 5.91 Å². The molecule has 92 valence electrons. The third kappa shape index (κ3) is 3.25. The largest absolute Gasteiger partial charge is 0.342 e. The van der Waals surface area contributed by atoms with Crippen LogP contribution in [0.3, 0.4) is 0 Å². The second kappa shape index (κ2) is 5.75. The molecule has 1 aromatic rings. The van der Waals surface area contributed by atoms with E-state index >= 15 is 0 Å². The van der Waals surface area contributed by atoms with Gasteiger partial charge in [0.15, 0.2) is 0 Å². The van der Waals surface area contributed by atoms with Crippen LogP contribution < -0.4 is 0 Å². The van der Waals surface area contributed by atoms with Gasteiger partial charge in [-0.15, -0.1) is 0 Å². The molecular formula is C13H19N3O. The van der Waals surface area contributed by atoms with Gasteiger partial charge in [-0.05, 0) is 25.2 Å². The molecule has 4 heteroatoms. The van der Waals surface area contributed by atoms with Crippen LogP contribution in [0.1, 0.15) is 31.9 Å². The van der Waals surface area contributed by atoms with Crippen LogP contribution in [-0.4, -0.2) is 33.9 Å². The minimum atomic E-state index is 0.272. The van der Waals surface area contributed by atoms with Crippen LogP contribution in [0, 0.1) is 5.92 Å². The molecule has 0 spiro atoms. The number of nitrogens with zero attached hydrogens (tertiary/aromatic N) is 3. The highest BCUT2D eigenvalue weighted by Crippen LogP contribution is 2.20. The first-order chi connectivity index (χ1) is 8.29. The van der Waals surface area contributed by atoms with Crippen molar-refractivity contribution in [1.29, 1.82) is 0 Å². The third-order valence-electron chi connectivity index (χ3n) is 3.29. The first kappa shape index (κ1) is 12.0. The first-order valence-electron chi connectivity index (χ1n) is 6.32. The summed E-state index contributed by atoms with van der Waals surface area (Å²) in [6.07, 6.45) is 9.07. The van der Waals surface area contributed by atoms with Crippen LogP contribution in [0.5, 0.6) is 0 Å². The summed E-state index contributed by atoms with van der Waals surface area (Å²) in [5, 5.41) is 0. The lowest BCUT2D eigenvalue weighted by molar-refractivity contribution is -0.132. The summed E-state index contributed by atoms with van der Waals surface area (Å²) >= 11 is 0. The molecule has 0 bridgehead atoms. The van der Waals surface area contributed by atoms with Crippen molar-refractivity contribution in [3.8, 4) is 0 Å². The van der Waals surface area contributed by atoms with Gasteiger partial charge in [0, 0.05) is 38.1 Å². The van der Waals surface area contributed by atoms with Crippen LogP contribution in [0.2, 0.25) is 0 Å². The normalized spacial score (nSPS) is 20.3. The quantitative estimate of drug-likeness (QED) is 0.797. The minimum Gasteiger partial charge on any atom is -0.342 e. The van der Waals surface area contributed by atoms with Gasteiger partial charge in [0.25, 0.3) is 0 Å². The van der Waals surface area contributed by atoms with Crippen molar-refractivity contribution in [2.45, 2.75) is 32.6 Å². The van der Waals surface area contributed by atoms with Gasteiger partial charge >= 0.3 is 0 Å². The van der Waals surface area contributed by atoms with Crippen LogP contribution in [0.4, 0.5) is 0 Å². The van der Waals surface area contributed by atoms with Gasteiger partial charge in [-0.1, -0.05) is 6.92 Å². The summed E-state index contributed by atoms with van der Waals surface area (Å²) in [4.78, 5) is 22.0. The lowest BCUT2D eigenvalue weighted by Crippen LogP contribution is -2.40. The molecule has 1 atom stereocenters. The monoisotopic (exact) mass is 233 g/mol. The zero-order chi connectivity index (χ0) is 12.1. The molecule has 1 fully saturated rings. The Morgan fingerprint density at radius 2 is 2.41 bits per heavy atom. The molecule has 0 aromatic carbocycles. The molecule has 1 aromatic heterocycles. The smallest absolute Gasteiger partial charge is 0.222 e. The van der Waals surface area contributed by atoms with Gasteiger partial charge < -0.3 is 4.90 Å². The Hall–Kier alpha value is -1.45. The van der Waals surface area contributed by atoms with E-state index in [0.29, 0.717) is 12.3 Å². The summed E-state index contributed by atoms with van der Waals surface area (Å²) in [6.45, 7) is 3.72. The van der Waals surface area contributed by atoms with Crippen molar-refractivity contribution in [2.24, 2.45) is 5.92 Å². The fraction of sp³-hybridized carbons (Fsp3) is 0.615. The van der Waals surface area contributed by atoms with Crippen LogP contribution in [-0.2, 0) is 11.2 Å². The number of aromatic nitrogens is 2. The molecule has 1 saturated heterocycles. The van der Waals surface area contributed by atoms with E-state index in [-0.39, 0.29) is 5.91 Å². The van der Waals surface area contributed by atoms with Gasteiger partial charge in [-0.25, -0.2) is 0 Å². The fourth-order valence-electron chi connectivity index (χ4n) is 2.41. The summed E-state index contributed by atoms with van der Waals surface area (Å²) in [6, 6.07) is 0. The summed E-state index contributed by atoms with van der Waals surface area (Å²) < 4.78 is 0. The Balaban J connectivity index is 1.92. The lowest BCUT2D eigenvalue weighted by Gasteiger charge is -2.32. The summed E-state index contributed by atoms with van der Waals surface area (Å²) in [5.41, 5.74) is 1.03. The molecule has 0 unspecified atom stereocenters. The average molecular weight is 233 g/mol. The maximum Gasteiger partial charge on any atom is 0.222 e. The maximum absolute atomic E-state index is 11.7. The van der Waals surface area contributed by atoms with E-state index in [1.807, 2.05) is 18.0 Å². The molecule has 1 aliphatic rings. The molecule has 4 nitrogen and oxygen atoms in total. The van der Waals surface area contributed by atoms with E-state index in [1.165, 1.54) is 6.42 Å². The van der Waals surface area contributed by atoms with Crippen molar-refractivity contribution in [3.63, 3.8) is 0 Å². The molecule has 0 N–H and O–H groups in total. The van der Waals surface area contributed by atoms with Crippen molar-refractivity contribution < 1.29 is 4.79 Å². The topological polar surface area (TPSA) is 46.1 Å². The maximum atomic E-state index is 11.7. The number of hydrogen-bond donors (Lipinski definition) is 0. The molecule has 17 heavy (non-hydrogen) atoms. The number of likely N-dealkylation sites (tertiary alicyclic amines) is 1. The van der Waals surface area contributed by atoms with Crippen LogP contribution in [0.15, 0.2) is 18.6 Å². The highest BCUT2D eigenvalue weighted by molar-refractivity contribution is 5.75. The summed E-state index contributed by atoms with van der Waals surface area (Å²) in [5.74, 6) is 0.810. The first-order valence-corrected chi connectivity index (χ1v) is 6.32. The Bertz CT molecular complexity index is 366. The lowest BCUT2D eigenvalue weighted by atomic mass is 9.93. The SMILES string of the molecule is CCC(=O)N1CCC[C@H](Cc2cnccn2)C1. The molecule has 0 radical (unpaired) electrons. The fourth-order valence-corrected chi connectivity index (χ4v) is 2.41. The second-order valence-corrected chi connectivity index (χ2v) is 4.60. The van der Waals surface area contributed by atoms with E-state index < -0.39 is 0 Å². The average Bonchev–Trinajstić information content (AvgIpc) is 2.39. The van der Waals surface area contributed by atoms with Gasteiger partial charge in [0.1, 0.15) is 0 Å². The number of rotatable bonds is 3. The Kier molecular flexibility index (Phi) is 4.07. The van der Waals surface area contributed by atoms with Crippen molar-refractivity contribution in [3.05, 3.63) is 24.3 Å². The summed E-state index contributed by atoms with van der Waals surface area (Å²) in [7, 11) is 0.